The molecule has 4 rings (SSSR count). The van der Waals surface area contributed by atoms with Gasteiger partial charge in [0.05, 0.1) is 19.3 Å². The van der Waals surface area contributed by atoms with Crippen molar-refractivity contribution in [1.29, 1.82) is 0 Å². The number of thioether (sulfide) groups is 1. The van der Waals surface area contributed by atoms with Crippen molar-refractivity contribution in [3.05, 3.63) is 0 Å². The van der Waals surface area contributed by atoms with Gasteiger partial charge in [-0.05, 0) is 82.1 Å². The quantitative estimate of drug-likeness (QED) is 0.120. The number of piperidine rings is 1. The lowest BCUT2D eigenvalue weighted by Crippen LogP contribution is -2.61. The summed E-state index contributed by atoms with van der Waals surface area (Å²) in [5.74, 6) is -1.62. The fourth-order valence-electron chi connectivity index (χ4n) is 8.86. The first-order valence-corrected chi connectivity index (χ1v) is 23.6. The summed E-state index contributed by atoms with van der Waals surface area (Å²) < 4.78 is 5.40. The molecule has 59 heavy (non-hydrogen) atoms. The highest BCUT2D eigenvalue weighted by Gasteiger charge is 2.42. The number of carbonyl (C=O) groups excluding carboxylic acids is 7. The molecule has 1 aliphatic carbocycles. The van der Waals surface area contributed by atoms with Crippen LogP contribution >= 0.6 is 11.8 Å². The Balaban J connectivity index is 1.48. The maximum atomic E-state index is 14.5. The Hall–Kier alpha value is -3.44. The number of aliphatic hydroxyl groups is 1. The average molecular weight is 850 g/mol. The summed E-state index contributed by atoms with van der Waals surface area (Å²) in [5, 5.41) is 21.6. The summed E-state index contributed by atoms with van der Waals surface area (Å²) in [6, 6.07) is -4.98. The lowest BCUT2D eigenvalue weighted by Gasteiger charge is -2.38. The van der Waals surface area contributed by atoms with E-state index in [4.69, 9.17) is 4.74 Å². The normalized spacial score (nSPS) is 22.7. The van der Waals surface area contributed by atoms with E-state index >= 15 is 0 Å². The van der Waals surface area contributed by atoms with E-state index in [9.17, 15) is 38.7 Å². The third kappa shape index (κ3) is 14.3. The second-order valence-corrected chi connectivity index (χ2v) is 17.8. The van der Waals surface area contributed by atoms with Gasteiger partial charge in [-0.2, -0.15) is 11.8 Å². The van der Waals surface area contributed by atoms with Crippen molar-refractivity contribution in [3.63, 3.8) is 0 Å². The summed E-state index contributed by atoms with van der Waals surface area (Å²) >= 11 is 1.51. The van der Waals surface area contributed by atoms with Gasteiger partial charge in [0.15, 0.2) is 0 Å². The molecule has 5 N–H and O–H groups in total. The molecule has 4 aliphatic rings. The van der Waals surface area contributed by atoms with Gasteiger partial charge >= 0.3 is 0 Å². The highest BCUT2D eigenvalue weighted by Crippen LogP contribution is 2.31. The number of aliphatic hydroxyl groups excluding tert-OH is 1. The minimum Gasteiger partial charge on any atom is -0.391 e. The lowest BCUT2D eigenvalue weighted by atomic mass is 9.79. The summed E-state index contributed by atoms with van der Waals surface area (Å²) in [6.45, 7) is 8.17. The number of amides is 7. The summed E-state index contributed by atoms with van der Waals surface area (Å²) in [7, 11) is 0. The monoisotopic (exact) mass is 850 g/mol. The first-order valence-electron chi connectivity index (χ1n) is 22.2. The number of hydrogen-bond donors (Lipinski definition) is 5. The van der Waals surface area contributed by atoms with Crippen LogP contribution in [0.5, 0.6) is 0 Å². The molecule has 1 unspecified atom stereocenters. The van der Waals surface area contributed by atoms with E-state index in [1.54, 1.807) is 4.90 Å². The molecular formula is C42H71N7O9S. The van der Waals surface area contributed by atoms with Crippen LogP contribution in [0.15, 0.2) is 0 Å². The lowest BCUT2D eigenvalue weighted by molar-refractivity contribution is -0.147. The molecule has 3 aliphatic heterocycles. The average Bonchev–Trinajstić information content (AvgIpc) is 3.75. The third-order valence-electron chi connectivity index (χ3n) is 12.4. The Morgan fingerprint density at radius 1 is 0.746 bits per heavy atom. The number of rotatable bonds is 20. The molecule has 1 saturated carbocycles. The highest BCUT2D eigenvalue weighted by molar-refractivity contribution is 7.98. The summed E-state index contributed by atoms with van der Waals surface area (Å²) in [6.07, 6.45) is 10.4. The molecular weight excluding hydrogens is 779 g/mol. The summed E-state index contributed by atoms with van der Waals surface area (Å²) in [5.41, 5.74) is 0. The zero-order valence-electron chi connectivity index (χ0n) is 35.8. The van der Waals surface area contributed by atoms with Gasteiger partial charge in [0.25, 0.3) is 0 Å². The number of likely N-dealkylation sites (tertiary alicyclic amines) is 2. The molecule has 17 heteroatoms. The van der Waals surface area contributed by atoms with Crippen LogP contribution in [0.2, 0.25) is 0 Å². The van der Waals surface area contributed by atoms with Crippen molar-refractivity contribution in [1.82, 2.24) is 36.0 Å². The Morgan fingerprint density at radius 3 is 1.97 bits per heavy atom. The van der Waals surface area contributed by atoms with E-state index in [1.165, 1.54) is 34.9 Å². The van der Waals surface area contributed by atoms with Gasteiger partial charge in [0, 0.05) is 45.6 Å². The molecule has 3 heterocycles. The molecule has 0 bridgehead atoms. The van der Waals surface area contributed by atoms with Crippen molar-refractivity contribution >= 4 is 53.1 Å². The zero-order chi connectivity index (χ0) is 42.9. The van der Waals surface area contributed by atoms with Gasteiger partial charge in [-0.3, -0.25) is 33.6 Å². The summed E-state index contributed by atoms with van der Waals surface area (Å²) in [4.78, 5) is 101. The van der Waals surface area contributed by atoms with E-state index in [0.29, 0.717) is 83.0 Å². The predicted molar refractivity (Wildman–Crippen MR) is 225 cm³/mol. The molecule has 0 radical (unpaired) electrons. The number of nitrogens with one attached hydrogen (secondary N) is 4. The number of nitrogens with zero attached hydrogens (tertiary/aromatic N) is 3. The fourth-order valence-corrected chi connectivity index (χ4v) is 9.33. The van der Waals surface area contributed by atoms with Crippen molar-refractivity contribution in [2.24, 2.45) is 11.8 Å². The molecule has 334 valence electrons. The molecule has 7 amide bonds. The second kappa shape index (κ2) is 24.7. The standard InChI is InChI=1S/C42H71N7O9S/c1-5-19-43-40(55)37(29(3)50)46-39(54)34-15-11-21-49(34)42(57)32(18-26-59-4)45-38(53)33-14-9-10-20-48(33)41(56)31(16-17-36(52)47-22-24-58-25-23-47)44-35(51)27-28(2)30-12-7-6-8-13-30/h28-34,37,50H,5-27H2,1-4H3,(H,43,55)(H,44,51)(H,45,53)(H,46,54)/t28-,29?,31-,32-,33-,34-,37-/m0/s1. The van der Waals surface area contributed by atoms with E-state index in [-0.39, 0.29) is 56.5 Å². The zero-order valence-corrected chi connectivity index (χ0v) is 36.7. The fraction of sp³-hybridized carbons (Fsp3) is 0.833. The number of ether oxygens (including phenoxy) is 1. The van der Waals surface area contributed by atoms with Gasteiger partial charge in [-0.25, -0.2) is 0 Å². The molecule has 0 spiro atoms. The van der Waals surface area contributed by atoms with E-state index < -0.39 is 65.8 Å². The van der Waals surface area contributed by atoms with Crippen molar-refractivity contribution < 1.29 is 43.4 Å². The number of carbonyl (C=O) groups is 7. The van der Waals surface area contributed by atoms with Crippen LogP contribution in [0.1, 0.15) is 117 Å². The van der Waals surface area contributed by atoms with E-state index in [1.807, 2.05) is 13.2 Å². The molecule has 7 atom stereocenters. The third-order valence-corrected chi connectivity index (χ3v) is 13.0. The first-order chi connectivity index (χ1) is 28.4. The van der Waals surface area contributed by atoms with Gasteiger partial charge < -0.3 is 45.8 Å². The van der Waals surface area contributed by atoms with Crippen LogP contribution in [0.3, 0.4) is 0 Å². The van der Waals surface area contributed by atoms with Crippen LogP contribution < -0.4 is 21.3 Å². The molecule has 0 aromatic carbocycles. The maximum Gasteiger partial charge on any atom is 0.245 e. The largest absolute Gasteiger partial charge is 0.391 e. The minimum absolute atomic E-state index is 0.0524. The van der Waals surface area contributed by atoms with E-state index in [2.05, 4.69) is 28.2 Å². The maximum absolute atomic E-state index is 14.5. The van der Waals surface area contributed by atoms with Gasteiger partial charge in [-0.15, -0.1) is 0 Å². The van der Waals surface area contributed by atoms with Crippen LogP contribution in [-0.2, 0) is 38.3 Å². The molecule has 0 aromatic heterocycles. The van der Waals surface area contributed by atoms with Crippen molar-refractivity contribution in [2.75, 3.05) is 57.9 Å². The number of morpholine rings is 1. The molecule has 4 fully saturated rings. The Labute approximate surface area is 354 Å². The Bertz CT molecular complexity index is 1420. The second-order valence-electron chi connectivity index (χ2n) is 16.8. The van der Waals surface area contributed by atoms with Gasteiger partial charge in [-0.1, -0.05) is 46.0 Å². The SMILES string of the molecule is CCCNC(=O)[C@@H](NC(=O)[C@@H]1CCCN1C(=O)[C@H](CCSC)NC(=O)[C@@H]1CCCCN1C(=O)[C@H](CCC(=O)N1CCOCC1)NC(=O)C[C@H](C)C1CCCCC1)C(C)O. The molecule has 0 aromatic rings. The smallest absolute Gasteiger partial charge is 0.245 e. The van der Waals surface area contributed by atoms with Crippen LogP contribution in [0.25, 0.3) is 0 Å². The van der Waals surface area contributed by atoms with Crippen molar-refractivity contribution in [3.8, 4) is 0 Å². The van der Waals surface area contributed by atoms with Crippen LogP contribution in [-0.4, -0.2) is 155 Å². The van der Waals surface area contributed by atoms with Crippen LogP contribution in [0, 0.1) is 11.8 Å². The molecule has 16 nitrogen and oxygen atoms in total. The van der Waals surface area contributed by atoms with E-state index in [0.717, 1.165) is 25.7 Å². The van der Waals surface area contributed by atoms with Crippen LogP contribution in [0.4, 0.5) is 0 Å². The minimum atomic E-state index is -1.19. The van der Waals surface area contributed by atoms with Gasteiger partial charge in [0.1, 0.15) is 30.2 Å². The predicted octanol–water partition coefficient (Wildman–Crippen LogP) is 1.72. The topological polar surface area (TPSA) is 207 Å². The van der Waals surface area contributed by atoms with Gasteiger partial charge in [0.2, 0.25) is 41.4 Å². The highest BCUT2D eigenvalue weighted by atomic mass is 32.2. The number of hydrogen-bond acceptors (Lipinski definition) is 10. The Morgan fingerprint density at radius 2 is 1.34 bits per heavy atom. The van der Waals surface area contributed by atoms with Crippen molar-refractivity contribution in [2.45, 2.75) is 153 Å². The molecule has 3 saturated heterocycles. The first kappa shape index (κ1) is 48.2. The Kier molecular flexibility index (Phi) is 20.2.